The van der Waals surface area contributed by atoms with Crippen molar-refractivity contribution >= 4 is 27.5 Å². The summed E-state index contributed by atoms with van der Waals surface area (Å²) in [5.74, 6) is -0.142. The summed E-state index contributed by atoms with van der Waals surface area (Å²) in [5.41, 5.74) is 0.435. The van der Waals surface area contributed by atoms with Crippen molar-refractivity contribution in [2.75, 3.05) is 19.6 Å². The Balaban J connectivity index is 1.41. The fourth-order valence-corrected chi connectivity index (χ4v) is 7.26. The van der Waals surface area contributed by atoms with Gasteiger partial charge in [-0.15, -0.1) is 0 Å². The molecule has 2 bridgehead atoms. The van der Waals surface area contributed by atoms with Gasteiger partial charge in [0.15, 0.2) is 0 Å². The third-order valence-electron chi connectivity index (χ3n) is 5.95. The van der Waals surface area contributed by atoms with E-state index >= 15 is 0 Å². The maximum Gasteiger partial charge on any atom is 0.255 e. The van der Waals surface area contributed by atoms with Crippen LogP contribution in [-0.2, 0) is 21.3 Å². The van der Waals surface area contributed by atoms with Gasteiger partial charge in [-0.2, -0.15) is 4.31 Å². The average molecular weight is 434 g/mol. The highest BCUT2D eigenvalue weighted by Gasteiger charge is 2.65. The van der Waals surface area contributed by atoms with Crippen LogP contribution in [0.2, 0.25) is 5.02 Å². The molecular weight excluding hydrogens is 414 g/mol. The summed E-state index contributed by atoms with van der Waals surface area (Å²) < 4.78 is 34.2. The number of sulfonamides is 1. The molecule has 3 aliphatic rings. The number of fused-ring (bicyclic) bond motifs is 1. The standard InChI is InChI=1S/C20H20ClN3O4S/c21-16-5-1-3-14(7-16)10-24-13-20-12-23(19(25)15-4-2-6-22-9-15)11-17(28-20)8-18(20)29(24,26)27/h1-7,9,17-18H,8,10-13H2/t17-,18+,20+/m1/s1. The molecule has 0 radical (unpaired) electrons. The summed E-state index contributed by atoms with van der Waals surface area (Å²) in [6, 6.07) is 10.6. The third-order valence-corrected chi connectivity index (χ3v) is 8.51. The van der Waals surface area contributed by atoms with Gasteiger partial charge in [0.2, 0.25) is 10.0 Å². The molecule has 29 heavy (non-hydrogen) atoms. The molecule has 2 aromatic rings. The van der Waals surface area contributed by atoms with Crippen LogP contribution in [0.4, 0.5) is 0 Å². The Morgan fingerprint density at radius 3 is 2.90 bits per heavy atom. The van der Waals surface area contributed by atoms with Crippen LogP contribution in [0.15, 0.2) is 48.8 Å². The monoisotopic (exact) mass is 433 g/mol. The van der Waals surface area contributed by atoms with Crippen LogP contribution in [0.3, 0.4) is 0 Å². The van der Waals surface area contributed by atoms with Crippen LogP contribution in [0.5, 0.6) is 0 Å². The van der Waals surface area contributed by atoms with Crippen molar-refractivity contribution in [1.29, 1.82) is 0 Å². The average Bonchev–Trinajstić information content (AvgIpc) is 3.07. The topological polar surface area (TPSA) is 79.8 Å². The molecular formula is C20H20ClN3O4S. The van der Waals surface area contributed by atoms with Crippen molar-refractivity contribution in [3.05, 3.63) is 64.9 Å². The van der Waals surface area contributed by atoms with Gasteiger partial charge in [-0.05, 0) is 36.2 Å². The molecule has 0 saturated carbocycles. The van der Waals surface area contributed by atoms with Crippen LogP contribution < -0.4 is 0 Å². The van der Waals surface area contributed by atoms with Gasteiger partial charge >= 0.3 is 0 Å². The first-order valence-corrected chi connectivity index (χ1v) is 11.4. The fraction of sp³-hybridized carbons (Fsp3) is 0.400. The van der Waals surface area contributed by atoms with Gasteiger partial charge in [-0.1, -0.05) is 23.7 Å². The van der Waals surface area contributed by atoms with Gasteiger partial charge in [0.25, 0.3) is 5.91 Å². The second kappa shape index (κ2) is 6.77. The minimum absolute atomic E-state index is 0.142. The molecule has 1 amide bonds. The molecule has 3 atom stereocenters. The number of carbonyl (C=O) groups is 1. The number of pyridine rings is 1. The van der Waals surface area contributed by atoms with E-state index < -0.39 is 20.9 Å². The number of amides is 1. The predicted octanol–water partition coefficient (Wildman–Crippen LogP) is 1.93. The molecule has 1 aromatic heterocycles. The highest BCUT2D eigenvalue weighted by molar-refractivity contribution is 7.90. The molecule has 1 aromatic carbocycles. The first kappa shape index (κ1) is 19.0. The quantitative estimate of drug-likeness (QED) is 0.739. The minimum Gasteiger partial charge on any atom is -0.365 e. The van der Waals surface area contributed by atoms with Gasteiger partial charge in [0.1, 0.15) is 10.9 Å². The Morgan fingerprint density at radius 2 is 2.14 bits per heavy atom. The van der Waals surface area contributed by atoms with Gasteiger partial charge in [0, 0.05) is 37.1 Å². The number of carbonyl (C=O) groups excluding carboxylic acids is 1. The van der Waals surface area contributed by atoms with Crippen molar-refractivity contribution in [2.24, 2.45) is 0 Å². The van der Waals surface area contributed by atoms with Crippen LogP contribution in [-0.4, -0.2) is 65.1 Å². The number of nitrogens with zero attached hydrogens (tertiary/aromatic N) is 3. The van der Waals surface area contributed by atoms with Gasteiger partial charge in [-0.25, -0.2) is 8.42 Å². The Bertz CT molecular complexity index is 1060. The number of halogens is 1. The molecule has 9 heteroatoms. The molecule has 152 valence electrons. The lowest BCUT2D eigenvalue weighted by molar-refractivity contribution is -0.0980. The SMILES string of the molecule is O=C(c1cccnc1)N1C[C@H]2C[C@H]3[C@](C1)(CN(Cc1cccc(Cl)c1)S3(=O)=O)O2. The van der Waals surface area contributed by atoms with Crippen molar-refractivity contribution in [2.45, 2.75) is 29.9 Å². The van der Waals surface area contributed by atoms with E-state index in [1.165, 1.54) is 10.5 Å². The lowest BCUT2D eigenvalue weighted by atomic mass is 9.99. The molecule has 3 aliphatic heterocycles. The summed E-state index contributed by atoms with van der Waals surface area (Å²) in [6.07, 6.45) is 3.29. The van der Waals surface area contributed by atoms with Crippen LogP contribution in [0.25, 0.3) is 0 Å². The van der Waals surface area contributed by atoms with Gasteiger partial charge in [0.05, 0.1) is 18.2 Å². The Kier molecular flexibility index (Phi) is 4.43. The third kappa shape index (κ3) is 3.15. The maximum absolute atomic E-state index is 13.2. The van der Waals surface area contributed by atoms with Crippen LogP contribution >= 0.6 is 11.6 Å². The molecule has 0 unspecified atom stereocenters. The predicted molar refractivity (Wildman–Crippen MR) is 107 cm³/mol. The van der Waals surface area contributed by atoms with Gasteiger partial charge in [-0.3, -0.25) is 9.78 Å². The van der Waals surface area contributed by atoms with Crippen LogP contribution in [0, 0.1) is 0 Å². The molecule has 7 nitrogen and oxygen atoms in total. The number of benzene rings is 1. The van der Waals surface area contributed by atoms with Crippen LogP contribution in [0.1, 0.15) is 22.3 Å². The van der Waals surface area contributed by atoms with E-state index in [2.05, 4.69) is 4.98 Å². The van der Waals surface area contributed by atoms with E-state index in [9.17, 15) is 13.2 Å². The summed E-state index contributed by atoms with van der Waals surface area (Å²) in [7, 11) is -3.54. The second-order valence-corrected chi connectivity index (χ2v) is 10.5. The largest absolute Gasteiger partial charge is 0.365 e. The normalized spacial score (nSPS) is 30.3. The molecule has 0 N–H and O–H groups in total. The van der Waals surface area contributed by atoms with Crippen molar-refractivity contribution in [1.82, 2.24) is 14.2 Å². The lowest BCUT2D eigenvalue weighted by Crippen LogP contribution is -2.56. The van der Waals surface area contributed by atoms with E-state index in [1.54, 1.807) is 41.4 Å². The Morgan fingerprint density at radius 1 is 1.28 bits per heavy atom. The zero-order chi connectivity index (χ0) is 20.2. The molecule has 1 spiro atoms. The van der Waals surface area contributed by atoms with E-state index in [-0.39, 0.29) is 31.6 Å². The highest BCUT2D eigenvalue weighted by atomic mass is 35.5. The highest BCUT2D eigenvalue weighted by Crippen LogP contribution is 2.47. The number of morpholine rings is 1. The number of aromatic nitrogens is 1. The molecule has 3 fully saturated rings. The lowest BCUT2D eigenvalue weighted by Gasteiger charge is -2.39. The van der Waals surface area contributed by atoms with E-state index in [0.29, 0.717) is 23.6 Å². The Hall–Kier alpha value is -2.00. The van der Waals surface area contributed by atoms with Gasteiger partial charge < -0.3 is 9.64 Å². The number of rotatable bonds is 3. The molecule has 3 saturated heterocycles. The maximum atomic E-state index is 13.2. The minimum atomic E-state index is -3.54. The summed E-state index contributed by atoms with van der Waals surface area (Å²) in [4.78, 5) is 18.7. The Labute approximate surface area is 174 Å². The fourth-order valence-electron chi connectivity index (χ4n) is 4.76. The smallest absolute Gasteiger partial charge is 0.255 e. The zero-order valence-electron chi connectivity index (χ0n) is 15.6. The molecule has 0 aliphatic carbocycles. The zero-order valence-corrected chi connectivity index (χ0v) is 17.1. The summed E-state index contributed by atoms with van der Waals surface area (Å²) >= 11 is 6.05. The summed E-state index contributed by atoms with van der Waals surface area (Å²) in [6.45, 7) is 1.13. The summed E-state index contributed by atoms with van der Waals surface area (Å²) in [5, 5.41) is -0.0643. The van der Waals surface area contributed by atoms with E-state index in [1.807, 2.05) is 6.07 Å². The van der Waals surface area contributed by atoms with E-state index in [4.69, 9.17) is 16.3 Å². The number of hydrogen-bond acceptors (Lipinski definition) is 5. The van der Waals surface area contributed by atoms with Crippen molar-refractivity contribution < 1.29 is 17.9 Å². The first-order valence-electron chi connectivity index (χ1n) is 9.48. The number of ether oxygens (including phenoxy) is 1. The first-order chi connectivity index (χ1) is 13.9. The van der Waals surface area contributed by atoms with E-state index in [0.717, 1.165) is 5.56 Å². The molecule has 5 rings (SSSR count). The number of hydrogen-bond donors (Lipinski definition) is 0. The number of likely N-dealkylation sites (tertiary alicyclic amines) is 1. The van der Waals surface area contributed by atoms with Crippen molar-refractivity contribution in [3.8, 4) is 0 Å². The second-order valence-electron chi connectivity index (χ2n) is 7.90. The van der Waals surface area contributed by atoms with Crippen molar-refractivity contribution in [3.63, 3.8) is 0 Å². The molecule has 4 heterocycles.